The maximum atomic E-state index is 11.5. The van der Waals surface area contributed by atoms with Gasteiger partial charge in [-0.1, -0.05) is 13.8 Å². The standard InChI is InChI=1S/C15H20N2O3/c1-11(2)14(18)9-15(19)17-7-8-20-13-5-3-12(10-16)4-6-13/h3-6,11,14,18H,7-9H2,1-2H3,(H,17,19). The van der Waals surface area contributed by atoms with Crippen LogP contribution in [0, 0.1) is 17.2 Å². The summed E-state index contributed by atoms with van der Waals surface area (Å²) in [5.74, 6) is 0.533. The molecule has 5 heteroatoms. The van der Waals surface area contributed by atoms with Crippen molar-refractivity contribution in [2.45, 2.75) is 26.4 Å². The second-order valence-corrected chi connectivity index (χ2v) is 4.85. The van der Waals surface area contributed by atoms with E-state index >= 15 is 0 Å². The van der Waals surface area contributed by atoms with Crippen molar-refractivity contribution < 1.29 is 14.6 Å². The van der Waals surface area contributed by atoms with Gasteiger partial charge in [-0.3, -0.25) is 4.79 Å². The number of nitrogens with one attached hydrogen (secondary N) is 1. The van der Waals surface area contributed by atoms with Crippen LogP contribution >= 0.6 is 0 Å². The average molecular weight is 276 g/mol. The second kappa shape index (κ2) is 8.18. The van der Waals surface area contributed by atoms with E-state index in [9.17, 15) is 9.90 Å². The van der Waals surface area contributed by atoms with Gasteiger partial charge >= 0.3 is 0 Å². The summed E-state index contributed by atoms with van der Waals surface area (Å²) in [6, 6.07) is 8.80. The lowest BCUT2D eigenvalue weighted by atomic mass is 10.0. The van der Waals surface area contributed by atoms with Crippen LogP contribution in [0.4, 0.5) is 0 Å². The fourth-order valence-electron chi connectivity index (χ4n) is 1.48. The predicted octanol–water partition coefficient (Wildman–Crippen LogP) is 1.46. The molecule has 1 unspecified atom stereocenters. The number of benzene rings is 1. The summed E-state index contributed by atoms with van der Waals surface area (Å²) < 4.78 is 5.42. The predicted molar refractivity (Wildman–Crippen MR) is 75.1 cm³/mol. The zero-order valence-electron chi connectivity index (χ0n) is 11.8. The maximum Gasteiger partial charge on any atom is 0.222 e. The number of aliphatic hydroxyl groups is 1. The Balaban J connectivity index is 2.21. The summed E-state index contributed by atoms with van der Waals surface area (Å²) in [7, 11) is 0. The molecule has 1 amide bonds. The first-order chi connectivity index (χ1) is 9.52. The van der Waals surface area contributed by atoms with Gasteiger partial charge in [0.25, 0.3) is 0 Å². The molecular weight excluding hydrogens is 256 g/mol. The van der Waals surface area contributed by atoms with Crippen LogP contribution in [0.25, 0.3) is 0 Å². The van der Waals surface area contributed by atoms with Gasteiger partial charge in [-0.05, 0) is 30.2 Å². The number of carbonyl (C=O) groups excluding carboxylic acids is 1. The monoisotopic (exact) mass is 276 g/mol. The lowest BCUT2D eigenvalue weighted by Gasteiger charge is -2.14. The normalized spacial score (nSPS) is 11.8. The molecule has 1 rings (SSSR count). The minimum atomic E-state index is -0.616. The maximum absolute atomic E-state index is 11.5. The highest BCUT2D eigenvalue weighted by Gasteiger charge is 2.13. The van der Waals surface area contributed by atoms with Gasteiger partial charge in [0, 0.05) is 0 Å². The Hall–Kier alpha value is -2.06. The van der Waals surface area contributed by atoms with Crippen molar-refractivity contribution in [3.63, 3.8) is 0 Å². The Morgan fingerprint density at radius 2 is 2.05 bits per heavy atom. The fraction of sp³-hybridized carbons (Fsp3) is 0.467. The van der Waals surface area contributed by atoms with Crippen molar-refractivity contribution in [3.05, 3.63) is 29.8 Å². The second-order valence-electron chi connectivity index (χ2n) is 4.85. The van der Waals surface area contributed by atoms with Gasteiger partial charge in [0.2, 0.25) is 5.91 Å². The summed E-state index contributed by atoms with van der Waals surface area (Å²) in [5.41, 5.74) is 0.577. The van der Waals surface area contributed by atoms with Crippen molar-refractivity contribution in [1.29, 1.82) is 5.26 Å². The van der Waals surface area contributed by atoms with E-state index in [0.717, 1.165) is 0 Å². The molecule has 2 N–H and O–H groups in total. The molecule has 0 fully saturated rings. The molecule has 1 aromatic carbocycles. The third-order valence-electron chi connectivity index (χ3n) is 2.84. The Morgan fingerprint density at radius 1 is 1.40 bits per heavy atom. The number of hydrogen-bond acceptors (Lipinski definition) is 4. The fourth-order valence-corrected chi connectivity index (χ4v) is 1.48. The molecule has 0 aliphatic heterocycles. The van der Waals surface area contributed by atoms with Gasteiger partial charge in [0.05, 0.1) is 30.7 Å². The van der Waals surface area contributed by atoms with Gasteiger partial charge in [-0.2, -0.15) is 5.26 Å². The van der Waals surface area contributed by atoms with Gasteiger partial charge in [-0.15, -0.1) is 0 Å². The molecule has 20 heavy (non-hydrogen) atoms. The zero-order valence-corrected chi connectivity index (χ0v) is 11.8. The van der Waals surface area contributed by atoms with E-state index in [1.807, 2.05) is 19.9 Å². The number of nitriles is 1. The molecule has 0 aromatic heterocycles. The third kappa shape index (κ3) is 5.72. The lowest BCUT2D eigenvalue weighted by molar-refractivity contribution is -0.123. The molecular formula is C15H20N2O3. The summed E-state index contributed by atoms with van der Waals surface area (Å²) >= 11 is 0. The summed E-state index contributed by atoms with van der Waals surface area (Å²) in [4.78, 5) is 11.5. The molecule has 1 atom stereocenters. The van der Waals surface area contributed by atoms with Crippen molar-refractivity contribution in [2.24, 2.45) is 5.92 Å². The van der Waals surface area contributed by atoms with Crippen LogP contribution in [0.5, 0.6) is 5.75 Å². The Morgan fingerprint density at radius 3 is 2.60 bits per heavy atom. The van der Waals surface area contributed by atoms with E-state index in [4.69, 9.17) is 10.00 Å². The zero-order chi connectivity index (χ0) is 15.0. The lowest BCUT2D eigenvalue weighted by Crippen LogP contribution is -2.32. The average Bonchev–Trinajstić information content (AvgIpc) is 2.44. The smallest absolute Gasteiger partial charge is 0.222 e. The number of ether oxygens (including phenoxy) is 1. The topological polar surface area (TPSA) is 82.3 Å². The number of rotatable bonds is 7. The van der Waals surface area contributed by atoms with Crippen LogP contribution in [0.15, 0.2) is 24.3 Å². The van der Waals surface area contributed by atoms with Gasteiger partial charge < -0.3 is 15.2 Å². The Labute approximate surface area is 119 Å². The first-order valence-electron chi connectivity index (χ1n) is 6.60. The van der Waals surface area contributed by atoms with E-state index in [-0.39, 0.29) is 18.2 Å². The number of hydrogen-bond donors (Lipinski definition) is 2. The minimum Gasteiger partial charge on any atom is -0.492 e. The Kier molecular flexibility index (Phi) is 6.54. The van der Waals surface area contributed by atoms with Crippen molar-refractivity contribution in [2.75, 3.05) is 13.2 Å². The summed E-state index contributed by atoms with van der Waals surface area (Å²) in [5, 5.41) is 20.9. The number of nitrogens with zero attached hydrogens (tertiary/aromatic N) is 1. The number of aliphatic hydroxyl groups excluding tert-OH is 1. The van der Waals surface area contributed by atoms with E-state index < -0.39 is 6.10 Å². The minimum absolute atomic E-state index is 0.0654. The number of carbonyl (C=O) groups is 1. The van der Waals surface area contributed by atoms with Crippen molar-refractivity contribution >= 4 is 5.91 Å². The van der Waals surface area contributed by atoms with Crippen molar-refractivity contribution in [1.82, 2.24) is 5.32 Å². The van der Waals surface area contributed by atoms with Gasteiger partial charge in [0.15, 0.2) is 0 Å². The van der Waals surface area contributed by atoms with Gasteiger partial charge in [0.1, 0.15) is 12.4 Å². The van der Waals surface area contributed by atoms with E-state index in [2.05, 4.69) is 5.32 Å². The molecule has 0 aliphatic carbocycles. The van der Waals surface area contributed by atoms with Crippen LogP contribution in [-0.2, 0) is 4.79 Å². The van der Waals surface area contributed by atoms with Crippen molar-refractivity contribution in [3.8, 4) is 11.8 Å². The van der Waals surface area contributed by atoms with Crippen LogP contribution in [0.3, 0.4) is 0 Å². The molecule has 0 saturated heterocycles. The molecule has 0 heterocycles. The van der Waals surface area contributed by atoms with Crippen LogP contribution in [-0.4, -0.2) is 30.3 Å². The largest absolute Gasteiger partial charge is 0.492 e. The van der Waals surface area contributed by atoms with Crippen LogP contribution < -0.4 is 10.1 Å². The third-order valence-corrected chi connectivity index (χ3v) is 2.84. The highest BCUT2D eigenvalue weighted by Crippen LogP contribution is 2.11. The summed E-state index contributed by atoms with van der Waals surface area (Å²) in [6.07, 6.45) is -0.511. The first-order valence-corrected chi connectivity index (χ1v) is 6.60. The molecule has 1 aromatic rings. The molecule has 0 saturated carbocycles. The summed E-state index contributed by atoms with van der Waals surface area (Å²) in [6.45, 7) is 4.46. The van der Waals surface area contributed by atoms with E-state index in [1.165, 1.54) is 0 Å². The molecule has 108 valence electrons. The highest BCUT2D eigenvalue weighted by atomic mass is 16.5. The molecule has 0 spiro atoms. The van der Waals surface area contributed by atoms with E-state index in [1.54, 1.807) is 24.3 Å². The van der Waals surface area contributed by atoms with E-state index in [0.29, 0.717) is 24.5 Å². The highest BCUT2D eigenvalue weighted by molar-refractivity contribution is 5.76. The SMILES string of the molecule is CC(C)C(O)CC(=O)NCCOc1ccc(C#N)cc1. The number of amides is 1. The van der Waals surface area contributed by atoms with Crippen LogP contribution in [0.2, 0.25) is 0 Å². The molecule has 5 nitrogen and oxygen atoms in total. The molecule has 0 bridgehead atoms. The van der Waals surface area contributed by atoms with Crippen LogP contribution in [0.1, 0.15) is 25.8 Å². The molecule has 0 aliphatic rings. The molecule has 0 radical (unpaired) electrons. The first kappa shape index (κ1) is 16.0. The quantitative estimate of drug-likeness (QED) is 0.739. The Bertz CT molecular complexity index is 463. The van der Waals surface area contributed by atoms with Gasteiger partial charge in [-0.25, -0.2) is 0 Å².